The maximum Gasteiger partial charge on any atom is 0.0639 e. The molecule has 0 aromatic carbocycles. The Labute approximate surface area is 70.2 Å². The number of aliphatic hydroxyl groups is 1. The van der Waals surface area contributed by atoms with E-state index in [4.69, 9.17) is 0 Å². The monoisotopic (exact) mass is 159 g/mol. The van der Waals surface area contributed by atoms with Crippen LogP contribution in [0.15, 0.2) is 0 Å². The number of hydrogen-bond donors (Lipinski definition) is 1. The summed E-state index contributed by atoms with van der Waals surface area (Å²) >= 11 is 0. The van der Waals surface area contributed by atoms with Crippen molar-refractivity contribution in [1.29, 1.82) is 0 Å². The van der Waals surface area contributed by atoms with Crippen LogP contribution in [0.2, 0.25) is 0 Å². The van der Waals surface area contributed by atoms with E-state index in [2.05, 4.69) is 32.6 Å². The summed E-state index contributed by atoms with van der Waals surface area (Å²) in [6.07, 6.45) is -0.228. The van der Waals surface area contributed by atoms with Crippen LogP contribution in [0.1, 0.15) is 34.6 Å². The molecule has 11 heavy (non-hydrogen) atoms. The fourth-order valence-electron chi connectivity index (χ4n) is 1.20. The summed E-state index contributed by atoms with van der Waals surface area (Å²) < 4.78 is 0. The molecule has 2 nitrogen and oxygen atoms in total. The van der Waals surface area contributed by atoms with Gasteiger partial charge < -0.3 is 5.11 Å². The zero-order valence-electron chi connectivity index (χ0n) is 8.39. The number of rotatable bonds is 3. The van der Waals surface area contributed by atoms with E-state index in [9.17, 15) is 5.11 Å². The lowest BCUT2D eigenvalue weighted by atomic mass is 10.1. The third-order valence-electron chi connectivity index (χ3n) is 1.82. The molecule has 1 N–H and O–H groups in total. The van der Waals surface area contributed by atoms with E-state index in [1.54, 1.807) is 0 Å². The maximum absolute atomic E-state index is 9.18. The average molecular weight is 159 g/mol. The molecule has 1 unspecified atom stereocenters. The van der Waals surface area contributed by atoms with E-state index in [1.165, 1.54) is 0 Å². The second-order valence-corrected chi connectivity index (χ2v) is 4.06. The van der Waals surface area contributed by atoms with Gasteiger partial charge in [0.2, 0.25) is 0 Å². The number of likely N-dealkylation sites (N-methyl/N-ethyl adjacent to an activating group) is 1. The van der Waals surface area contributed by atoms with Crippen molar-refractivity contribution in [2.24, 2.45) is 0 Å². The summed E-state index contributed by atoms with van der Waals surface area (Å²) in [5, 5.41) is 9.18. The topological polar surface area (TPSA) is 23.5 Å². The minimum absolute atomic E-state index is 0.172. The van der Waals surface area contributed by atoms with Gasteiger partial charge in [0.25, 0.3) is 0 Å². The van der Waals surface area contributed by atoms with Crippen molar-refractivity contribution >= 4 is 0 Å². The number of β-amino-alcohol motifs (C(OH)–C–C–N with tert-alkyl or cyclic N) is 1. The fourth-order valence-corrected chi connectivity index (χ4v) is 1.20. The SMILES string of the molecule is CCN(CC(C)O)C(C)(C)C. The molecule has 0 heterocycles. The molecule has 0 bridgehead atoms. The molecule has 0 aromatic heterocycles. The lowest BCUT2D eigenvalue weighted by Crippen LogP contribution is -2.44. The van der Waals surface area contributed by atoms with Crippen LogP contribution in [0.3, 0.4) is 0 Å². The van der Waals surface area contributed by atoms with E-state index >= 15 is 0 Å². The number of nitrogens with zero attached hydrogens (tertiary/aromatic N) is 1. The molecule has 0 spiro atoms. The quantitative estimate of drug-likeness (QED) is 0.674. The highest BCUT2D eigenvalue weighted by atomic mass is 16.3. The summed E-state index contributed by atoms with van der Waals surface area (Å²) in [6.45, 7) is 12.2. The lowest BCUT2D eigenvalue weighted by Gasteiger charge is -2.35. The molecule has 0 rings (SSSR count). The summed E-state index contributed by atoms with van der Waals surface area (Å²) in [7, 11) is 0. The predicted molar refractivity (Wildman–Crippen MR) is 48.7 cm³/mol. The Bertz CT molecular complexity index is 105. The van der Waals surface area contributed by atoms with Gasteiger partial charge in [-0.05, 0) is 34.2 Å². The highest BCUT2D eigenvalue weighted by Gasteiger charge is 2.20. The second-order valence-electron chi connectivity index (χ2n) is 4.06. The van der Waals surface area contributed by atoms with Gasteiger partial charge in [0.15, 0.2) is 0 Å². The Hall–Kier alpha value is -0.0800. The van der Waals surface area contributed by atoms with Crippen molar-refractivity contribution in [3.63, 3.8) is 0 Å². The van der Waals surface area contributed by atoms with Crippen LogP contribution in [0.5, 0.6) is 0 Å². The highest BCUT2D eigenvalue weighted by molar-refractivity contribution is 4.76. The first-order chi connectivity index (χ1) is 4.88. The van der Waals surface area contributed by atoms with E-state index in [1.807, 2.05) is 6.92 Å². The molecule has 68 valence electrons. The van der Waals surface area contributed by atoms with Gasteiger partial charge in [0, 0.05) is 12.1 Å². The predicted octanol–water partition coefficient (Wildman–Crippen LogP) is 1.49. The van der Waals surface area contributed by atoms with Crippen LogP contribution in [0.25, 0.3) is 0 Å². The molecule has 0 fully saturated rings. The first kappa shape index (κ1) is 10.9. The molecule has 0 amide bonds. The Morgan fingerprint density at radius 2 is 1.82 bits per heavy atom. The molecular weight excluding hydrogens is 138 g/mol. The summed E-state index contributed by atoms with van der Waals surface area (Å²) in [4.78, 5) is 2.26. The first-order valence-corrected chi connectivity index (χ1v) is 4.31. The van der Waals surface area contributed by atoms with Gasteiger partial charge in [-0.3, -0.25) is 4.90 Å². The van der Waals surface area contributed by atoms with Crippen LogP contribution in [0.4, 0.5) is 0 Å². The number of aliphatic hydroxyl groups excluding tert-OH is 1. The third-order valence-corrected chi connectivity index (χ3v) is 1.82. The Kier molecular flexibility index (Phi) is 4.04. The molecule has 0 aliphatic rings. The zero-order chi connectivity index (χ0) is 9.07. The second kappa shape index (κ2) is 4.07. The van der Waals surface area contributed by atoms with Crippen molar-refractivity contribution in [2.45, 2.75) is 46.3 Å². The van der Waals surface area contributed by atoms with E-state index in [-0.39, 0.29) is 11.6 Å². The van der Waals surface area contributed by atoms with Crippen molar-refractivity contribution in [2.75, 3.05) is 13.1 Å². The average Bonchev–Trinajstić information content (AvgIpc) is 1.79. The molecule has 0 radical (unpaired) electrons. The van der Waals surface area contributed by atoms with Gasteiger partial charge in [-0.1, -0.05) is 6.92 Å². The van der Waals surface area contributed by atoms with Crippen molar-refractivity contribution in [3.05, 3.63) is 0 Å². The fraction of sp³-hybridized carbons (Fsp3) is 1.00. The largest absolute Gasteiger partial charge is 0.392 e. The van der Waals surface area contributed by atoms with Gasteiger partial charge in [-0.2, -0.15) is 0 Å². The molecule has 0 aliphatic heterocycles. The van der Waals surface area contributed by atoms with Gasteiger partial charge in [0.1, 0.15) is 0 Å². The van der Waals surface area contributed by atoms with Crippen LogP contribution in [0, 0.1) is 0 Å². The van der Waals surface area contributed by atoms with Crippen molar-refractivity contribution in [1.82, 2.24) is 4.90 Å². The van der Waals surface area contributed by atoms with Gasteiger partial charge >= 0.3 is 0 Å². The molecule has 0 aliphatic carbocycles. The van der Waals surface area contributed by atoms with Crippen molar-refractivity contribution in [3.8, 4) is 0 Å². The van der Waals surface area contributed by atoms with Crippen LogP contribution < -0.4 is 0 Å². The molecule has 0 saturated heterocycles. The Morgan fingerprint density at radius 3 is 1.91 bits per heavy atom. The smallest absolute Gasteiger partial charge is 0.0639 e. The lowest BCUT2D eigenvalue weighted by molar-refractivity contribution is 0.0720. The molecule has 1 atom stereocenters. The Morgan fingerprint density at radius 1 is 1.36 bits per heavy atom. The maximum atomic E-state index is 9.18. The van der Waals surface area contributed by atoms with Crippen LogP contribution in [-0.2, 0) is 0 Å². The number of hydrogen-bond acceptors (Lipinski definition) is 2. The van der Waals surface area contributed by atoms with Crippen LogP contribution >= 0.6 is 0 Å². The standard InChI is InChI=1S/C9H21NO/c1-6-10(7-8(2)11)9(3,4)5/h8,11H,6-7H2,1-5H3. The Balaban J connectivity index is 3.96. The van der Waals surface area contributed by atoms with E-state index < -0.39 is 0 Å². The van der Waals surface area contributed by atoms with Gasteiger partial charge in [-0.15, -0.1) is 0 Å². The zero-order valence-corrected chi connectivity index (χ0v) is 8.39. The summed E-state index contributed by atoms with van der Waals surface area (Å²) in [6, 6.07) is 0. The first-order valence-electron chi connectivity index (χ1n) is 4.31. The van der Waals surface area contributed by atoms with Crippen molar-refractivity contribution < 1.29 is 5.11 Å². The molecule has 0 aromatic rings. The van der Waals surface area contributed by atoms with Gasteiger partial charge in [0.05, 0.1) is 6.10 Å². The molecule has 0 saturated carbocycles. The van der Waals surface area contributed by atoms with Crippen LogP contribution in [-0.4, -0.2) is 34.7 Å². The van der Waals surface area contributed by atoms with Gasteiger partial charge in [-0.25, -0.2) is 0 Å². The highest BCUT2D eigenvalue weighted by Crippen LogP contribution is 2.12. The molecule has 2 heteroatoms. The minimum Gasteiger partial charge on any atom is -0.392 e. The van der Waals surface area contributed by atoms with E-state index in [0.717, 1.165) is 13.1 Å². The van der Waals surface area contributed by atoms with E-state index in [0.29, 0.717) is 0 Å². The third kappa shape index (κ3) is 4.38. The summed E-state index contributed by atoms with van der Waals surface area (Å²) in [5.41, 5.74) is 0.172. The normalized spacial score (nSPS) is 15.5. The minimum atomic E-state index is -0.228. The summed E-state index contributed by atoms with van der Waals surface area (Å²) in [5.74, 6) is 0. The molecular formula is C9H21NO.